The molecule has 0 radical (unpaired) electrons. The topological polar surface area (TPSA) is 99.2 Å². The van der Waals surface area contributed by atoms with Crippen LogP contribution in [0.25, 0.3) is 0 Å². The first-order chi connectivity index (χ1) is 14.4. The fourth-order valence-electron chi connectivity index (χ4n) is 3.48. The highest BCUT2D eigenvalue weighted by molar-refractivity contribution is 6.00. The van der Waals surface area contributed by atoms with Gasteiger partial charge in [0, 0.05) is 44.4 Å². The van der Waals surface area contributed by atoms with Gasteiger partial charge in [0.1, 0.15) is 17.5 Å². The van der Waals surface area contributed by atoms with E-state index in [2.05, 4.69) is 25.9 Å². The van der Waals surface area contributed by atoms with Gasteiger partial charge in [0.2, 0.25) is 11.8 Å². The molecule has 1 aliphatic heterocycles. The number of nitrogens with zero attached hydrogens (tertiary/aromatic N) is 3. The van der Waals surface area contributed by atoms with Crippen molar-refractivity contribution in [3.63, 3.8) is 0 Å². The monoisotopic (exact) mass is 410 g/mol. The van der Waals surface area contributed by atoms with Crippen LogP contribution >= 0.6 is 0 Å². The van der Waals surface area contributed by atoms with Gasteiger partial charge in [0.25, 0.3) is 0 Å². The van der Waals surface area contributed by atoms with Crippen molar-refractivity contribution in [1.29, 1.82) is 0 Å². The molecule has 3 N–H and O–H groups in total. The first-order valence-electron chi connectivity index (χ1n) is 10.4. The number of hydrogen-bond acceptors (Lipinski definition) is 6. The average molecular weight is 411 g/mol. The van der Waals surface area contributed by atoms with Crippen LogP contribution in [0, 0.1) is 26.7 Å². The maximum atomic E-state index is 12.5. The number of anilines is 3. The fraction of sp³-hybridized carbons (Fsp3) is 0.455. The summed E-state index contributed by atoms with van der Waals surface area (Å²) in [5.41, 5.74) is 3.18. The Morgan fingerprint density at radius 3 is 2.50 bits per heavy atom. The van der Waals surface area contributed by atoms with Crippen LogP contribution in [-0.2, 0) is 9.59 Å². The van der Waals surface area contributed by atoms with Crippen LogP contribution in [0.2, 0.25) is 0 Å². The Hall–Kier alpha value is -3.16. The zero-order chi connectivity index (χ0) is 21.7. The molecule has 1 aliphatic rings. The second-order valence-corrected chi connectivity index (χ2v) is 7.61. The van der Waals surface area contributed by atoms with E-state index in [0.717, 1.165) is 23.6 Å². The molecule has 1 unspecified atom stereocenters. The van der Waals surface area contributed by atoms with Gasteiger partial charge in [-0.05, 0) is 51.0 Å². The Morgan fingerprint density at radius 1 is 1.07 bits per heavy atom. The largest absolute Gasteiger partial charge is 0.370 e. The molecule has 8 heteroatoms. The molecular weight excluding hydrogens is 380 g/mol. The SMILES string of the molecule is CCNc1cc(NCCNC(=O)C2CC(=O)N(c3ccc(C)c(C)c3)C2)nc(C)n1. The van der Waals surface area contributed by atoms with Gasteiger partial charge in [0.05, 0.1) is 5.92 Å². The summed E-state index contributed by atoms with van der Waals surface area (Å²) in [6, 6.07) is 7.79. The third-order valence-corrected chi connectivity index (χ3v) is 5.22. The first kappa shape index (κ1) is 21.5. The molecule has 0 aliphatic carbocycles. The minimum absolute atomic E-state index is 0.0102. The summed E-state index contributed by atoms with van der Waals surface area (Å²) in [6.07, 6.45) is 0.239. The van der Waals surface area contributed by atoms with Gasteiger partial charge in [-0.3, -0.25) is 9.59 Å². The van der Waals surface area contributed by atoms with Gasteiger partial charge in [-0.1, -0.05) is 6.07 Å². The van der Waals surface area contributed by atoms with Crippen LogP contribution in [0.1, 0.15) is 30.3 Å². The van der Waals surface area contributed by atoms with E-state index in [1.165, 1.54) is 5.56 Å². The quantitative estimate of drug-likeness (QED) is 0.578. The zero-order valence-corrected chi connectivity index (χ0v) is 18.1. The van der Waals surface area contributed by atoms with E-state index < -0.39 is 0 Å². The summed E-state index contributed by atoms with van der Waals surface area (Å²) in [5, 5.41) is 9.29. The lowest BCUT2D eigenvalue weighted by Gasteiger charge is -2.18. The Morgan fingerprint density at radius 2 is 1.80 bits per heavy atom. The van der Waals surface area contributed by atoms with Crippen LogP contribution < -0.4 is 20.9 Å². The number of hydrogen-bond donors (Lipinski definition) is 3. The van der Waals surface area contributed by atoms with Gasteiger partial charge in [-0.2, -0.15) is 0 Å². The molecule has 3 rings (SSSR count). The molecule has 8 nitrogen and oxygen atoms in total. The average Bonchev–Trinajstić information content (AvgIpc) is 3.09. The van der Waals surface area contributed by atoms with Crippen molar-refractivity contribution in [2.45, 2.75) is 34.1 Å². The van der Waals surface area contributed by atoms with Crippen molar-refractivity contribution in [3.05, 3.63) is 41.2 Å². The number of benzene rings is 1. The molecule has 1 aromatic heterocycles. The normalized spacial score (nSPS) is 15.9. The van der Waals surface area contributed by atoms with Crippen molar-refractivity contribution >= 4 is 29.1 Å². The summed E-state index contributed by atoms with van der Waals surface area (Å²) in [5.74, 6) is 1.72. The molecule has 30 heavy (non-hydrogen) atoms. The van der Waals surface area contributed by atoms with Crippen LogP contribution in [0.5, 0.6) is 0 Å². The fourth-order valence-corrected chi connectivity index (χ4v) is 3.48. The molecular formula is C22H30N6O2. The predicted molar refractivity (Wildman–Crippen MR) is 119 cm³/mol. The lowest BCUT2D eigenvalue weighted by atomic mass is 10.1. The van der Waals surface area contributed by atoms with Crippen molar-refractivity contribution in [2.24, 2.45) is 5.92 Å². The lowest BCUT2D eigenvalue weighted by molar-refractivity contribution is -0.126. The highest BCUT2D eigenvalue weighted by Gasteiger charge is 2.35. The number of amides is 2. The molecule has 1 aromatic carbocycles. The minimum Gasteiger partial charge on any atom is -0.370 e. The molecule has 0 bridgehead atoms. The summed E-state index contributed by atoms with van der Waals surface area (Å²) in [7, 11) is 0. The van der Waals surface area contributed by atoms with Crippen molar-refractivity contribution in [2.75, 3.05) is 41.7 Å². The predicted octanol–water partition coefficient (Wildman–Crippen LogP) is 2.41. The summed E-state index contributed by atoms with van der Waals surface area (Å²) >= 11 is 0. The summed E-state index contributed by atoms with van der Waals surface area (Å²) in [4.78, 5) is 35.3. The number of aryl methyl sites for hydroxylation is 3. The van der Waals surface area contributed by atoms with E-state index >= 15 is 0 Å². The van der Waals surface area contributed by atoms with E-state index in [1.807, 2.05) is 52.0 Å². The highest BCUT2D eigenvalue weighted by Crippen LogP contribution is 2.26. The molecule has 1 fully saturated rings. The molecule has 1 atom stereocenters. The van der Waals surface area contributed by atoms with Crippen molar-refractivity contribution in [3.8, 4) is 0 Å². The van der Waals surface area contributed by atoms with Gasteiger partial charge in [-0.25, -0.2) is 9.97 Å². The molecule has 2 aromatic rings. The number of nitrogens with one attached hydrogen (secondary N) is 3. The number of carbonyl (C=O) groups is 2. The summed E-state index contributed by atoms with van der Waals surface area (Å²) < 4.78 is 0. The van der Waals surface area contributed by atoms with Crippen LogP contribution in [-0.4, -0.2) is 48.0 Å². The van der Waals surface area contributed by atoms with Crippen LogP contribution in [0.3, 0.4) is 0 Å². The molecule has 2 heterocycles. The van der Waals surface area contributed by atoms with E-state index in [4.69, 9.17) is 0 Å². The number of rotatable bonds is 8. The Kier molecular flexibility index (Phi) is 6.87. The minimum atomic E-state index is -0.333. The second-order valence-electron chi connectivity index (χ2n) is 7.61. The second kappa shape index (κ2) is 9.56. The third kappa shape index (κ3) is 5.25. The number of aromatic nitrogens is 2. The van der Waals surface area contributed by atoms with Crippen LogP contribution in [0.15, 0.2) is 24.3 Å². The molecule has 1 saturated heterocycles. The smallest absolute Gasteiger partial charge is 0.227 e. The van der Waals surface area contributed by atoms with Gasteiger partial charge in [-0.15, -0.1) is 0 Å². The zero-order valence-electron chi connectivity index (χ0n) is 18.1. The molecule has 0 saturated carbocycles. The number of carbonyl (C=O) groups excluding carboxylic acids is 2. The van der Waals surface area contributed by atoms with Crippen LogP contribution in [0.4, 0.5) is 17.3 Å². The van der Waals surface area contributed by atoms with E-state index in [1.54, 1.807) is 4.90 Å². The molecule has 160 valence electrons. The molecule has 0 spiro atoms. The first-order valence-corrected chi connectivity index (χ1v) is 10.4. The molecule has 2 amide bonds. The van der Waals surface area contributed by atoms with E-state index in [-0.39, 0.29) is 24.2 Å². The van der Waals surface area contributed by atoms with Gasteiger partial charge >= 0.3 is 0 Å². The maximum Gasteiger partial charge on any atom is 0.227 e. The highest BCUT2D eigenvalue weighted by atomic mass is 16.2. The third-order valence-electron chi connectivity index (χ3n) is 5.22. The Labute approximate surface area is 177 Å². The van der Waals surface area contributed by atoms with Gasteiger partial charge < -0.3 is 20.9 Å². The standard InChI is InChI=1S/C22H30N6O2/c1-5-23-19-12-20(27-16(4)26-19)24-8-9-25-22(30)17-11-21(29)28(13-17)18-7-6-14(2)15(3)10-18/h6-7,10,12,17H,5,8-9,11,13H2,1-4H3,(H,25,30)(H2,23,24,26,27). The van der Waals surface area contributed by atoms with Crippen molar-refractivity contribution in [1.82, 2.24) is 15.3 Å². The van der Waals surface area contributed by atoms with E-state index in [9.17, 15) is 9.59 Å². The lowest BCUT2D eigenvalue weighted by Crippen LogP contribution is -2.35. The maximum absolute atomic E-state index is 12.5. The Balaban J connectivity index is 1.49. The van der Waals surface area contributed by atoms with Gasteiger partial charge in [0.15, 0.2) is 0 Å². The summed E-state index contributed by atoms with van der Waals surface area (Å²) in [6.45, 7) is 10.1. The van der Waals surface area contributed by atoms with E-state index in [0.29, 0.717) is 31.3 Å². The van der Waals surface area contributed by atoms with Crippen molar-refractivity contribution < 1.29 is 9.59 Å². The Bertz CT molecular complexity index is 930.